The van der Waals surface area contributed by atoms with Crippen LogP contribution in [0.25, 0.3) is 11.3 Å². The van der Waals surface area contributed by atoms with Crippen molar-refractivity contribution < 1.29 is 19.1 Å². The molecule has 1 aliphatic carbocycles. The summed E-state index contributed by atoms with van der Waals surface area (Å²) < 4.78 is 16.1. The fraction of sp³-hybridized carbons (Fsp3) is 0.261. The lowest BCUT2D eigenvalue weighted by atomic mass is 9.99. The van der Waals surface area contributed by atoms with Gasteiger partial charge in [-0.25, -0.2) is 9.18 Å². The number of nitrogens with one attached hydrogen (secondary N) is 1. The van der Waals surface area contributed by atoms with E-state index in [0.717, 1.165) is 30.0 Å². The first-order valence-electron chi connectivity index (χ1n) is 10.1. The summed E-state index contributed by atoms with van der Waals surface area (Å²) in [5.74, 6) is -1.90. The van der Waals surface area contributed by atoms with E-state index >= 15 is 0 Å². The number of carboxylic acid groups (broad SMARTS) is 1. The van der Waals surface area contributed by atoms with E-state index in [0.29, 0.717) is 47.4 Å². The Balaban J connectivity index is 1.65. The molecular weight excluding hydrogens is 421 g/mol. The van der Waals surface area contributed by atoms with Crippen LogP contribution in [0, 0.1) is 5.82 Å². The molecule has 5 rings (SSSR count). The summed E-state index contributed by atoms with van der Waals surface area (Å²) in [6.07, 6.45) is 2.62. The average Bonchev–Trinajstić information content (AvgIpc) is 3.54. The highest BCUT2D eigenvalue weighted by molar-refractivity contribution is 6.34. The number of hydrogen-bond donors (Lipinski definition) is 2. The molecule has 2 heterocycles. The van der Waals surface area contributed by atoms with Crippen LogP contribution in [0.2, 0.25) is 5.02 Å². The first-order chi connectivity index (χ1) is 15.0. The van der Waals surface area contributed by atoms with Crippen LogP contribution in [0.3, 0.4) is 0 Å². The molecule has 8 heteroatoms. The number of fused-ring (bicyclic) bond motifs is 1. The van der Waals surface area contributed by atoms with E-state index in [9.17, 15) is 14.0 Å². The Morgan fingerprint density at radius 1 is 1.23 bits per heavy atom. The Labute approximate surface area is 182 Å². The summed E-state index contributed by atoms with van der Waals surface area (Å²) in [5.41, 5.74) is 3.22. The highest BCUT2D eigenvalue weighted by Gasteiger charge is 2.32. The first kappa shape index (κ1) is 19.9. The van der Waals surface area contributed by atoms with Gasteiger partial charge >= 0.3 is 5.97 Å². The van der Waals surface area contributed by atoms with Gasteiger partial charge in [-0.05, 0) is 61.6 Å². The van der Waals surface area contributed by atoms with E-state index in [1.165, 1.54) is 16.8 Å². The normalized spacial score (nSPS) is 15.5. The summed E-state index contributed by atoms with van der Waals surface area (Å²) in [5, 5.41) is 17.2. The number of halogens is 2. The van der Waals surface area contributed by atoms with Crippen LogP contribution in [0.5, 0.6) is 0 Å². The number of carboxylic acids is 1. The predicted molar refractivity (Wildman–Crippen MR) is 113 cm³/mol. The largest absolute Gasteiger partial charge is 0.478 e. The topological polar surface area (TPSA) is 84.2 Å². The Bertz CT molecular complexity index is 1230. The van der Waals surface area contributed by atoms with Crippen molar-refractivity contribution in [3.8, 4) is 11.3 Å². The average molecular weight is 440 g/mol. The van der Waals surface area contributed by atoms with E-state index in [4.69, 9.17) is 16.7 Å². The summed E-state index contributed by atoms with van der Waals surface area (Å²) in [7, 11) is 0. The maximum atomic E-state index is 14.8. The number of benzene rings is 2. The maximum Gasteiger partial charge on any atom is 0.335 e. The number of aromatic carboxylic acids is 1. The van der Waals surface area contributed by atoms with E-state index in [-0.39, 0.29) is 17.0 Å². The van der Waals surface area contributed by atoms with Crippen molar-refractivity contribution in [1.29, 1.82) is 0 Å². The molecule has 0 bridgehead atoms. The number of carbonyl (C=O) groups excluding carboxylic acids is 1. The van der Waals surface area contributed by atoms with Crippen LogP contribution < -0.4 is 5.32 Å². The number of rotatable bonds is 4. The zero-order chi connectivity index (χ0) is 21.7. The molecule has 0 saturated heterocycles. The van der Waals surface area contributed by atoms with Crippen molar-refractivity contribution >= 4 is 23.5 Å². The molecule has 158 valence electrons. The second kappa shape index (κ2) is 7.59. The van der Waals surface area contributed by atoms with Crippen molar-refractivity contribution in [2.45, 2.75) is 31.7 Å². The van der Waals surface area contributed by atoms with Crippen LogP contribution in [0.4, 0.5) is 4.39 Å². The molecule has 31 heavy (non-hydrogen) atoms. The van der Waals surface area contributed by atoms with Gasteiger partial charge in [-0.3, -0.25) is 4.79 Å². The number of carbonyl (C=O) groups is 2. The lowest BCUT2D eigenvalue weighted by Crippen LogP contribution is -2.28. The zero-order valence-electron chi connectivity index (χ0n) is 16.5. The predicted octanol–water partition coefficient (Wildman–Crippen LogP) is 4.25. The van der Waals surface area contributed by atoms with Gasteiger partial charge in [0.05, 0.1) is 27.5 Å². The molecule has 2 N–H and O–H groups in total. The monoisotopic (exact) mass is 439 g/mol. The highest BCUT2D eigenvalue weighted by atomic mass is 35.5. The minimum absolute atomic E-state index is 0.141. The molecule has 0 amide bonds. The first-order valence-corrected chi connectivity index (χ1v) is 10.5. The van der Waals surface area contributed by atoms with Gasteiger partial charge in [0.15, 0.2) is 0 Å². The molecule has 1 aliphatic heterocycles. The quantitative estimate of drug-likeness (QED) is 0.634. The fourth-order valence-electron chi connectivity index (χ4n) is 4.18. The molecular formula is C23H19ClFN3O3. The molecule has 6 nitrogen and oxygen atoms in total. The summed E-state index contributed by atoms with van der Waals surface area (Å²) in [6.45, 7) is 1.10. The van der Waals surface area contributed by atoms with Gasteiger partial charge in [0, 0.05) is 17.7 Å². The number of nitrogens with zero attached hydrogens (tertiary/aromatic N) is 2. The summed E-state index contributed by atoms with van der Waals surface area (Å²) >= 11 is 6.43. The molecule has 1 saturated carbocycles. The Morgan fingerprint density at radius 2 is 2.03 bits per heavy atom. The second-order valence-electron chi connectivity index (χ2n) is 7.90. The second-order valence-corrected chi connectivity index (χ2v) is 8.30. The molecule has 0 atom stereocenters. The van der Waals surface area contributed by atoms with Gasteiger partial charge in [-0.2, -0.15) is 9.78 Å². The van der Waals surface area contributed by atoms with Crippen LogP contribution in [0.1, 0.15) is 56.3 Å². The molecule has 3 aromatic rings. The van der Waals surface area contributed by atoms with Crippen LogP contribution in [0.15, 0.2) is 36.4 Å². The molecule has 1 fully saturated rings. The van der Waals surface area contributed by atoms with Gasteiger partial charge in [-0.15, -0.1) is 0 Å². The van der Waals surface area contributed by atoms with Crippen molar-refractivity contribution in [2.75, 3.05) is 6.54 Å². The van der Waals surface area contributed by atoms with E-state index in [1.807, 2.05) is 12.1 Å². The smallest absolute Gasteiger partial charge is 0.335 e. The van der Waals surface area contributed by atoms with Gasteiger partial charge in [0.1, 0.15) is 5.82 Å². The highest BCUT2D eigenvalue weighted by Crippen LogP contribution is 2.43. The molecule has 1 aromatic heterocycles. The van der Waals surface area contributed by atoms with Gasteiger partial charge in [0.25, 0.3) is 5.91 Å². The van der Waals surface area contributed by atoms with Crippen LogP contribution >= 0.6 is 11.6 Å². The molecule has 0 spiro atoms. The summed E-state index contributed by atoms with van der Waals surface area (Å²) in [4.78, 5) is 24.7. The Morgan fingerprint density at radius 3 is 2.74 bits per heavy atom. The summed E-state index contributed by atoms with van der Waals surface area (Å²) in [6, 6.07) is 9.19. The Kier molecular flexibility index (Phi) is 4.87. The van der Waals surface area contributed by atoms with Crippen molar-refractivity contribution in [3.05, 3.63) is 75.2 Å². The van der Waals surface area contributed by atoms with Crippen LogP contribution in [-0.4, -0.2) is 33.3 Å². The molecule has 2 aliphatic rings. The van der Waals surface area contributed by atoms with E-state index in [1.54, 1.807) is 6.07 Å². The number of aromatic nitrogens is 2. The van der Waals surface area contributed by atoms with E-state index in [2.05, 4.69) is 10.4 Å². The molecule has 0 unspecified atom stereocenters. The number of hydrogen-bond acceptors (Lipinski definition) is 4. The zero-order valence-corrected chi connectivity index (χ0v) is 17.2. The lowest BCUT2D eigenvalue weighted by molar-refractivity contribution is 0.0696. The van der Waals surface area contributed by atoms with Crippen molar-refractivity contribution in [3.63, 3.8) is 0 Å². The maximum absolute atomic E-state index is 14.8. The third kappa shape index (κ3) is 3.43. The van der Waals surface area contributed by atoms with Crippen molar-refractivity contribution in [1.82, 2.24) is 15.1 Å². The standard InChI is InChI=1S/C23H19ClFN3O3/c24-17-3-1-2-14(12-4-5-12)20(17)22(29)28-19-11-26-9-8-16(19)21(27-28)15-7-6-13(23(30)31)10-18(15)25/h1-3,6-7,10,12,26H,4-5,8-9,11H2,(H,30,31). The third-order valence-electron chi connectivity index (χ3n) is 5.87. The van der Waals surface area contributed by atoms with Gasteiger partial charge in [0.2, 0.25) is 0 Å². The Hall–Kier alpha value is -3.03. The fourth-order valence-corrected chi connectivity index (χ4v) is 4.44. The molecule has 2 aromatic carbocycles. The minimum atomic E-state index is -1.20. The van der Waals surface area contributed by atoms with Gasteiger partial charge in [-0.1, -0.05) is 23.7 Å². The van der Waals surface area contributed by atoms with Crippen molar-refractivity contribution in [2.24, 2.45) is 0 Å². The minimum Gasteiger partial charge on any atom is -0.478 e. The van der Waals surface area contributed by atoms with Gasteiger partial charge < -0.3 is 10.4 Å². The van der Waals surface area contributed by atoms with E-state index < -0.39 is 11.8 Å². The SMILES string of the molecule is O=C(O)c1ccc(-c2nn(C(=O)c3c(Cl)cccc3C3CC3)c3c2CCNC3)c(F)c1. The lowest BCUT2D eigenvalue weighted by Gasteiger charge is -2.16. The third-order valence-corrected chi connectivity index (χ3v) is 6.19. The van der Waals surface area contributed by atoms with Crippen LogP contribution in [-0.2, 0) is 13.0 Å². The molecule has 0 radical (unpaired) electrons.